The molecule has 0 saturated heterocycles. The molecule has 0 bridgehead atoms. The van der Waals surface area contributed by atoms with Crippen LogP contribution in [-0.2, 0) is 0 Å². The summed E-state index contributed by atoms with van der Waals surface area (Å²) in [5, 5.41) is 2.09. The Labute approximate surface area is 87.2 Å². The number of hydrogen-bond donors (Lipinski definition) is 0. The Morgan fingerprint density at radius 1 is 1.36 bits per heavy atom. The van der Waals surface area contributed by atoms with Crippen LogP contribution in [0.3, 0.4) is 0 Å². The molecule has 2 nitrogen and oxygen atoms in total. The van der Waals surface area contributed by atoms with Gasteiger partial charge in [0.2, 0.25) is 5.88 Å². The van der Waals surface area contributed by atoms with Gasteiger partial charge in [0, 0.05) is 17.1 Å². The number of pyridine rings is 1. The van der Waals surface area contributed by atoms with Crippen LogP contribution >= 0.6 is 11.3 Å². The number of aryl methyl sites for hydroxylation is 1. The van der Waals surface area contributed by atoms with E-state index in [1.807, 2.05) is 12.1 Å². The normalized spacial score (nSPS) is 10.1. The van der Waals surface area contributed by atoms with E-state index < -0.39 is 0 Å². The summed E-state index contributed by atoms with van der Waals surface area (Å²) in [7, 11) is 1.63. The SMILES string of the molecule is COc1cc(-c2sccc2C)ccn1. The van der Waals surface area contributed by atoms with Crippen LogP contribution in [0, 0.1) is 6.92 Å². The Morgan fingerprint density at radius 2 is 2.21 bits per heavy atom. The molecule has 0 spiro atoms. The quantitative estimate of drug-likeness (QED) is 0.751. The van der Waals surface area contributed by atoms with Gasteiger partial charge in [-0.1, -0.05) is 0 Å². The van der Waals surface area contributed by atoms with Crippen molar-refractivity contribution in [3.05, 3.63) is 35.3 Å². The van der Waals surface area contributed by atoms with Gasteiger partial charge in [0.15, 0.2) is 0 Å². The van der Waals surface area contributed by atoms with Crippen molar-refractivity contribution in [2.75, 3.05) is 7.11 Å². The molecular formula is C11H11NOS. The first-order valence-electron chi connectivity index (χ1n) is 4.36. The van der Waals surface area contributed by atoms with Crippen LogP contribution in [0.25, 0.3) is 10.4 Å². The summed E-state index contributed by atoms with van der Waals surface area (Å²) < 4.78 is 5.09. The number of methoxy groups -OCH3 is 1. The summed E-state index contributed by atoms with van der Waals surface area (Å²) in [6.07, 6.45) is 1.77. The first kappa shape index (κ1) is 9.21. The third-order valence-corrected chi connectivity index (χ3v) is 3.13. The molecule has 0 atom stereocenters. The minimum Gasteiger partial charge on any atom is -0.481 e. The van der Waals surface area contributed by atoms with Crippen LogP contribution in [0.1, 0.15) is 5.56 Å². The lowest BCUT2D eigenvalue weighted by molar-refractivity contribution is 0.398. The maximum atomic E-state index is 5.09. The molecule has 0 fully saturated rings. The molecule has 14 heavy (non-hydrogen) atoms. The Morgan fingerprint density at radius 3 is 2.86 bits per heavy atom. The average molecular weight is 205 g/mol. The van der Waals surface area contributed by atoms with E-state index in [0.717, 1.165) is 0 Å². The lowest BCUT2D eigenvalue weighted by Crippen LogP contribution is -1.86. The van der Waals surface area contributed by atoms with E-state index in [4.69, 9.17) is 4.74 Å². The van der Waals surface area contributed by atoms with Crippen molar-refractivity contribution in [1.29, 1.82) is 0 Å². The number of hydrogen-bond acceptors (Lipinski definition) is 3. The Kier molecular flexibility index (Phi) is 2.50. The van der Waals surface area contributed by atoms with Crippen molar-refractivity contribution in [2.45, 2.75) is 6.92 Å². The lowest BCUT2D eigenvalue weighted by atomic mass is 10.1. The number of thiophene rings is 1. The number of ether oxygens (including phenoxy) is 1. The zero-order valence-corrected chi connectivity index (χ0v) is 8.97. The largest absolute Gasteiger partial charge is 0.481 e. The fourth-order valence-electron chi connectivity index (χ4n) is 1.33. The van der Waals surface area contributed by atoms with Crippen LogP contribution in [0.2, 0.25) is 0 Å². The third-order valence-electron chi connectivity index (χ3n) is 2.07. The van der Waals surface area contributed by atoms with E-state index >= 15 is 0 Å². The Bertz CT molecular complexity index is 436. The fourth-order valence-corrected chi connectivity index (χ4v) is 2.26. The van der Waals surface area contributed by atoms with Crippen LogP contribution in [0.5, 0.6) is 5.88 Å². The van der Waals surface area contributed by atoms with Crippen molar-refractivity contribution >= 4 is 11.3 Å². The number of nitrogens with zero attached hydrogens (tertiary/aromatic N) is 1. The van der Waals surface area contributed by atoms with E-state index in [0.29, 0.717) is 5.88 Å². The molecule has 0 aliphatic heterocycles. The topological polar surface area (TPSA) is 22.1 Å². The zero-order chi connectivity index (χ0) is 9.97. The van der Waals surface area contributed by atoms with Gasteiger partial charge in [0.1, 0.15) is 0 Å². The first-order valence-corrected chi connectivity index (χ1v) is 5.24. The summed E-state index contributed by atoms with van der Waals surface area (Å²) in [6, 6.07) is 6.08. The molecule has 2 heterocycles. The minimum absolute atomic E-state index is 0.662. The second-order valence-electron chi connectivity index (χ2n) is 3.02. The second kappa shape index (κ2) is 3.80. The minimum atomic E-state index is 0.662. The van der Waals surface area contributed by atoms with Crippen molar-refractivity contribution in [2.24, 2.45) is 0 Å². The lowest BCUT2D eigenvalue weighted by Gasteiger charge is -2.02. The highest BCUT2D eigenvalue weighted by molar-refractivity contribution is 7.13. The molecule has 0 unspecified atom stereocenters. The van der Waals surface area contributed by atoms with Gasteiger partial charge >= 0.3 is 0 Å². The van der Waals surface area contributed by atoms with Gasteiger partial charge in [-0.25, -0.2) is 4.98 Å². The second-order valence-corrected chi connectivity index (χ2v) is 3.94. The number of aromatic nitrogens is 1. The molecule has 0 amide bonds. The molecule has 0 aliphatic rings. The molecule has 2 aromatic rings. The molecule has 3 heteroatoms. The first-order chi connectivity index (χ1) is 6.81. The fraction of sp³-hybridized carbons (Fsp3) is 0.182. The molecular weight excluding hydrogens is 194 g/mol. The Hall–Kier alpha value is -1.35. The predicted molar refractivity (Wildman–Crippen MR) is 58.8 cm³/mol. The standard InChI is InChI=1S/C11H11NOS/c1-8-4-6-14-11(8)9-3-5-12-10(7-9)13-2/h3-7H,1-2H3. The average Bonchev–Trinajstić information content (AvgIpc) is 2.65. The molecule has 2 aromatic heterocycles. The monoisotopic (exact) mass is 205 g/mol. The Balaban J connectivity index is 2.47. The predicted octanol–water partition coefficient (Wildman–Crippen LogP) is 3.13. The zero-order valence-electron chi connectivity index (χ0n) is 8.15. The van der Waals surface area contributed by atoms with Gasteiger partial charge in [-0.05, 0) is 35.6 Å². The van der Waals surface area contributed by atoms with E-state index in [9.17, 15) is 0 Å². The molecule has 0 aliphatic carbocycles. The van der Waals surface area contributed by atoms with Crippen molar-refractivity contribution in [1.82, 2.24) is 4.98 Å². The molecule has 72 valence electrons. The maximum absolute atomic E-state index is 5.09. The molecule has 0 N–H and O–H groups in total. The highest BCUT2D eigenvalue weighted by Crippen LogP contribution is 2.29. The van der Waals surface area contributed by atoms with Gasteiger partial charge in [-0.2, -0.15) is 0 Å². The summed E-state index contributed by atoms with van der Waals surface area (Å²) in [5.41, 5.74) is 2.47. The van der Waals surface area contributed by atoms with Gasteiger partial charge in [0.25, 0.3) is 0 Å². The summed E-state index contributed by atoms with van der Waals surface area (Å²) in [4.78, 5) is 5.36. The van der Waals surface area contributed by atoms with Crippen molar-refractivity contribution in [3.63, 3.8) is 0 Å². The van der Waals surface area contributed by atoms with E-state index in [1.54, 1.807) is 24.6 Å². The van der Waals surface area contributed by atoms with E-state index in [-0.39, 0.29) is 0 Å². The van der Waals surface area contributed by atoms with Gasteiger partial charge < -0.3 is 4.74 Å². The van der Waals surface area contributed by atoms with Crippen LogP contribution in [0.15, 0.2) is 29.8 Å². The van der Waals surface area contributed by atoms with Crippen molar-refractivity contribution in [3.8, 4) is 16.3 Å². The highest BCUT2D eigenvalue weighted by atomic mass is 32.1. The van der Waals surface area contributed by atoms with Crippen molar-refractivity contribution < 1.29 is 4.74 Å². The maximum Gasteiger partial charge on any atom is 0.213 e. The summed E-state index contributed by atoms with van der Waals surface area (Å²) in [6.45, 7) is 2.11. The van der Waals surface area contributed by atoms with Crippen LogP contribution in [0.4, 0.5) is 0 Å². The summed E-state index contributed by atoms with van der Waals surface area (Å²) in [5.74, 6) is 0.662. The molecule has 0 aromatic carbocycles. The molecule has 2 rings (SSSR count). The smallest absolute Gasteiger partial charge is 0.213 e. The number of rotatable bonds is 2. The van der Waals surface area contributed by atoms with Crippen LogP contribution in [-0.4, -0.2) is 12.1 Å². The van der Waals surface area contributed by atoms with Gasteiger partial charge in [-0.15, -0.1) is 11.3 Å². The van der Waals surface area contributed by atoms with E-state index in [1.165, 1.54) is 16.0 Å². The van der Waals surface area contributed by atoms with E-state index in [2.05, 4.69) is 23.4 Å². The summed E-state index contributed by atoms with van der Waals surface area (Å²) >= 11 is 1.74. The third kappa shape index (κ3) is 1.63. The highest BCUT2D eigenvalue weighted by Gasteiger charge is 2.04. The molecule has 0 saturated carbocycles. The van der Waals surface area contributed by atoms with Gasteiger partial charge in [-0.3, -0.25) is 0 Å². The van der Waals surface area contributed by atoms with Crippen LogP contribution < -0.4 is 4.74 Å². The van der Waals surface area contributed by atoms with Gasteiger partial charge in [0.05, 0.1) is 7.11 Å². The molecule has 0 radical (unpaired) electrons.